The van der Waals surface area contributed by atoms with E-state index in [4.69, 9.17) is 20.9 Å². The molecule has 1 aromatic heterocycles. The maximum absolute atomic E-state index is 13.4. The van der Waals surface area contributed by atoms with Crippen molar-refractivity contribution in [3.8, 4) is 11.8 Å². The third-order valence-electron chi connectivity index (χ3n) is 7.75. The van der Waals surface area contributed by atoms with Gasteiger partial charge in [-0.1, -0.05) is 48.4 Å². The molecule has 252 valence electrons. The molecule has 0 bridgehead atoms. The zero-order valence-electron chi connectivity index (χ0n) is 26.2. The molecule has 3 aromatic rings. The van der Waals surface area contributed by atoms with Crippen LogP contribution in [0.25, 0.3) is 10.9 Å². The van der Waals surface area contributed by atoms with Gasteiger partial charge in [0, 0.05) is 61.2 Å². The van der Waals surface area contributed by atoms with Gasteiger partial charge in [0.1, 0.15) is 5.56 Å². The molecule has 48 heavy (non-hydrogen) atoms. The summed E-state index contributed by atoms with van der Waals surface area (Å²) in [6.45, 7) is 0.0736. The van der Waals surface area contributed by atoms with Crippen molar-refractivity contribution in [2.24, 2.45) is 0 Å². The topological polar surface area (TPSA) is 152 Å². The van der Waals surface area contributed by atoms with Gasteiger partial charge in [0.25, 0.3) is 16.0 Å². The summed E-state index contributed by atoms with van der Waals surface area (Å²) in [5.74, 6) is 4.19. The third-order valence-corrected chi connectivity index (χ3v) is 8.70. The van der Waals surface area contributed by atoms with Crippen LogP contribution < -0.4 is 10.7 Å². The Morgan fingerprint density at radius 3 is 2.42 bits per heavy atom. The second-order valence-electron chi connectivity index (χ2n) is 11.5. The standard InChI is InChI=1S/C34H38ClN3O8S.Na.H/c1-37(18-20-47(43,44)45)31(39)8-4-2-3-5-9-32(40)46-19-6-7-24-12-17-30-28(21-24)33(41)29(23-38(30)27-15-16-27)34(42)36-22-25-10-13-26(35)14-11-25;;/h10-14,17,21,23,27H,2-5,8-9,15-16,18-20,22H2,1H3,(H,36,42)(H,43,44,45);;. The van der Waals surface area contributed by atoms with Gasteiger partial charge in [-0.3, -0.25) is 23.7 Å². The van der Waals surface area contributed by atoms with Crippen LogP contribution in [-0.4, -0.2) is 95.7 Å². The molecule has 1 heterocycles. The van der Waals surface area contributed by atoms with E-state index in [1.165, 1.54) is 11.9 Å². The van der Waals surface area contributed by atoms with Crippen molar-refractivity contribution in [2.45, 2.75) is 64.0 Å². The van der Waals surface area contributed by atoms with E-state index in [0.717, 1.165) is 36.8 Å². The molecule has 4 rings (SSSR count). The van der Waals surface area contributed by atoms with Gasteiger partial charge in [0.15, 0.2) is 6.61 Å². The molecular formula is C34H39ClN3NaO8S. The van der Waals surface area contributed by atoms with E-state index in [-0.39, 0.29) is 91.0 Å². The number of fused-ring (bicyclic) bond motifs is 1. The summed E-state index contributed by atoms with van der Waals surface area (Å²) in [6, 6.07) is 12.6. The Kier molecular flexibility index (Phi) is 15.2. The number of amides is 2. The van der Waals surface area contributed by atoms with Crippen LogP contribution in [0.2, 0.25) is 5.02 Å². The molecule has 0 unspecified atom stereocenters. The van der Waals surface area contributed by atoms with Crippen molar-refractivity contribution in [2.75, 3.05) is 26.0 Å². The Bertz CT molecular complexity index is 1850. The number of aromatic nitrogens is 1. The number of pyridine rings is 1. The Balaban J connectivity index is 0.00000625. The number of benzene rings is 2. The molecule has 0 radical (unpaired) electrons. The average molecular weight is 708 g/mol. The third kappa shape index (κ3) is 12.4. The average Bonchev–Trinajstić information content (AvgIpc) is 3.88. The second-order valence-corrected chi connectivity index (χ2v) is 13.5. The van der Waals surface area contributed by atoms with Crippen LogP contribution in [0, 0.1) is 11.8 Å². The molecule has 11 nitrogen and oxygen atoms in total. The molecule has 0 aliphatic heterocycles. The SMILES string of the molecule is CN(CCS(=O)(=O)O)C(=O)CCCCCCC(=O)OCC#Cc1ccc2c(c1)c(=O)c(C(=O)NCc1ccc(Cl)cc1)cn2C1CC1.[NaH]. The van der Waals surface area contributed by atoms with Gasteiger partial charge < -0.3 is 19.5 Å². The van der Waals surface area contributed by atoms with Crippen LogP contribution in [-0.2, 0) is 31.0 Å². The number of hydrogen-bond acceptors (Lipinski definition) is 7. The summed E-state index contributed by atoms with van der Waals surface area (Å²) in [4.78, 5) is 51.9. The number of carbonyl (C=O) groups excluding carboxylic acids is 3. The van der Waals surface area contributed by atoms with Gasteiger partial charge in [-0.15, -0.1) is 0 Å². The van der Waals surface area contributed by atoms with Crippen molar-refractivity contribution in [1.82, 2.24) is 14.8 Å². The molecule has 0 spiro atoms. The van der Waals surface area contributed by atoms with Crippen molar-refractivity contribution in [3.05, 3.63) is 80.6 Å². The fourth-order valence-electron chi connectivity index (χ4n) is 4.92. The van der Waals surface area contributed by atoms with E-state index in [9.17, 15) is 27.6 Å². The van der Waals surface area contributed by atoms with Gasteiger partial charge in [-0.2, -0.15) is 8.42 Å². The number of hydrogen-bond donors (Lipinski definition) is 2. The summed E-state index contributed by atoms with van der Waals surface area (Å²) in [5.41, 5.74) is 1.83. The number of nitrogens with one attached hydrogen (secondary N) is 1. The van der Waals surface area contributed by atoms with E-state index in [1.807, 2.05) is 22.8 Å². The van der Waals surface area contributed by atoms with Crippen LogP contribution in [0.1, 0.15) is 78.9 Å². The summed E-state index contributed by atoms with van der Waals surface area (Å²) in [7, 11) is -2.63. The summed E-state index contributed by atoms with van der Waals surface area (Å²) in [6.07, 6.45) is 6.68. The van der Waals surface area contributed by atoms with Crippen molar-refractivity contribution in [3.63, 3.8) is 0 Å². The number of halogens is 1. The van der Waals surface area contributed by atoms with Crippen LogP contribution >= 0.6 is 11.6 Å². The first-order valence-corrected chi connectivity index (χ1v) is 17.4. The van der Waals surface area contributed by atoms with Crippen LogP contribution in [0.3, 0.4) is 0 Å². The van der Waals surface area contributed by atoms with E-state index in [0.29, 0.717) is 28.8 Å². The fourth-order valence-corrected chi connectivity index (χ4v) is 5.55. The quantitative estimate of drug-likeness (QED) is 0.0795. The zero-order valence-corrected chi connectivity index (χ0v) is 27.7. The van der Waals surface area contributed by atoms with Gasteiger partial charge >= 0.3 is 35.5 Å². The molecule has 2 amide bonds. The van der Waals surface area contributed by atoms with Crippen LogP contribution in [0.5, 0.6) is 0 Å². The molecule has 0 atom stereocenters. The van der Waals surface area contributed by atoms with Gasteiger partial charge in [-0.05, 0) is 61.6 Å². The number of unbranched alkanes of at least 4 members (excludes halogenated alkanes) is 3. The molecule has 1 aliphatic carbocycles. The predicted octanol–water partition coefficient (Wildman–Crippen LogP) is 3.85. The molecule has 0 saturated heterocycles. The van der Waals surface area contributed by atoms with Crippen molar-refractivity contribution < 1.29 is 32.1 Å². The summed E-state index contributed by atoms with van der Waals surface area (Å²) < 4.78 is 37.6. The monoisotopic (exact) mass is 707 g/mol. The Morgan fingerprint density at radius 2 is 1.75 bits per heavy atom. The number of carbonyl (C=O) groups is 3. The van der Waals surface area contributed by atoms with E-state index < -0.39 is 21.8 Å². The molecule has 2 N–H and O–H groups in total. The normalized spacial score (nSPS) is 12.4. The first-order chi connectivity index (χ1) is 22.4. The summed E-state index contributed by atoms with van der Waals surface area (Å²) >= 11 is 5.94. The first-order valence-electron chi connectivity index (χ1n) is 15.5. The minimum absolute atomic E-state index is 0. The zero-order chi connectivity index (χ0) is 34.0. The van der Waals surface area contributed by atoms with Gasteiger partial charge in [-0.25, -0.2) is 0 Å². The maximum atomic E-state index is 13.4. The molecule has 14 heteroatoms. The Labute approximate surface area is 307 Å². The van der Waals surface area contributed by atoms with Gasteiger partial charge in [0.2, 0.25) is 11.3 Å². The van der Waals surface area contributed by atoms with Gasteiger partial charge in [0.05, 0.1) is 11.3 Å². The van der Waals surface area contributed by atoms with Crippen LogP contribution in [0.15, 0.2) is 53.5 Å². The van der Waals surface area contributed by atoms with Crippen molar-refractivity contribution in [1.29, 1.82) is 0 Å². The number of ether oxygens (including phenoxy) is 1. The molecule has 1 saturated carbocycles. The van der Waals surface area contributed by atoms with E-state index in [2.05, 4.69) is 17.2 Å². The number of nitrogens with zero attached hydrogens (tertiary/aromatic N) is 2. The molecule has 2 aromatic carbocycles. The molecule has 1 aliphatic rings. The van der Waals surface area contributed by atoms with Crippen LogP contribution in [0.4, 0.5) is 0 Å². The number of rotatable bonds is 15. The van der Waals surface area contributed by atoms with E-state index >= 15 is 0 Å². The van der Waals surface area contributed by atoms with E-state index in [1.54, 1.807) is 30.5 Å². The second kappa shape index (κ2) is 18.5. The minimum atomic E-state index is -4.11. The van der Waals surface area contributed by atoms with Crippen molar-refractivity contribution >= 4 is 80.0 Å². The Hall–Kier alpha value is -3.18. The fraction of sp³-hybridized carbons (Fsp3) is 0.412. The predicted molar refractivity (Wildman–Crippen MR) is 186 cm³/mol. The Morgan fingerprint density at radius 1 is 1.06 bits per heavy atom. The molecular weight excluding hydrogens is 669 g/mol. The number of esters is 1. The molecule has 1 fully saturated rings. The summed E-state index contributed by atoms with van der Waals surface area (Å²) in [5, 5.41) is 3.82. The first kappa shape index (κ1) is 39.3.